The summed E-state index contributed by atoms with van der Waals surface area (Å²) >= 11 is 0. The van der Waals surface area contributed by atoms with Gasteiger partial charge >= 0.3 is 0 Å². The summed E-state index contributed by atoms with van der Waals surface area (Å²) in [5, 5.41) is 4.07. The highest BCUT2D eigenvalue weighted by Crippen LogP contribution is 2.58. The molecule has 1 saturated carbocycles. The van der Waals surface area contributed by atoms with Gasteiger partial charge in [0.1, 0.15) is 5.78 Å². The van der Waals surface area contributed by atoms with E-state index in [-0.39, 0.29) is 29.4 Å². The Morgan fingerprint density at radius 3 is 2.00 bits per heavy atom. The van der Waals surface area contributed by atoms with Gasteiger partial charge in [-0.05, 0) is 31.4 Å². The average molecular weight is 334 g/mol. The number of ketones is 1. The molecule has 0 spiro atoms. The first-order valence-electron chi connectivity index (χ1n) is 8.47. The molecule has 1 unspecified atom stereocenters. The van der Waals surface area contributed by atoms with Crippen molar-refractivity contribution in [1.82, 2.24) is 5.43 Å². The van der Waals surface area contributed by atoms with E-state index in [2.05, 4.69) is 34.8 Å². The normalized spacial score (nSPS) is 18.5. The second kappa shape index (κ2) is 7.01. The molecular weight excluding hydrogens is 312 g/mol. The van der Waals surface area contributed by atoms with Crippen molar-refractivity contribution in [3.8, 4) is 0 Å². The van der Waals surface area contributed by atoms with Crippen molar-refractivity contribution in [1.29, 1.82) is 0 Å². The van der Waals surface area contributed by atoms with E-state index in [0.717, 1.165) is 17.5 Å². The van der Waals surface area contributed by atoms with Crippen molar-refractivity contribution in [2.75, 3.05) is 0 Å². The van der Waals surface area contributed by atoms with Crippen molar-refractivity contribution < 1.29 is 9.59 Å². The molecule has 2 aromatic rings. The Bertz CT molecular complexity index is 758. The molecule has 1 aliphatic carbocycles. The minimum absolute atomic E-state index is 0.0323. The predicted molar refractivity (Wildman–Crippen MR) is 98.3 cm³/mol. The van der Waals surface area contributed by atoms with E-state index in [1.165, 1.54) is 6.92 Å². The van der Waals surface area contributed by atoms with Gasteiger partial charge in [0, 0.05) is 17.5 Å². The van der Waals surface area contributed by atoms with E-state index in [0.29, 0.717) is 5.71 Å². The van der Waals surface area contributed by atoms with Crippen LogP contribution in [0.5, 0.6) is 0 Å². The third-order valence-corrected chi connectivity index (χ3v) is 4.72. The van der Waals surface area contributed by atoms with Gasteiger partial charge in [0.2, 0.25) is 5.91 Å². The summed E-state index contributed by atoms with van der Waals surface area (Å²) in [4.78, 5) is 23.8. The molecule has 1 amide bonds. The molecule has 25 heavy (non-hydrogen) atoms. The maximum absolute atomic E-state index is 12.7. The quantitative estimate of drug-likeness (QED) is 0.649. The summed E-state index contributed by atoms with van der Waals surface area (Å²) in [6, 6.07) is 20.3. The number of nitrogens with zero attached hydrogens (tertiary/aromatic N) is 1. The Morgan fingerprint density at radius 1 is 1.00 bits per heavy atom. The monoisotopic (exact) mass is 334 g/mol. The third-order valence-electron chi connectivity index (χ3n) is 4.72. The maximum atomic E-state index is 12.7. The molecule has 0 heterocycles. The van der Waals surface area contributed by atoms with Crippen LogP contribution in [0.15, 0.2) is 65.8 Å². The Labute approximate surface area is 148 Å². The standard InChI is InChI=1S/C21H22N2O2/c1-15(13-16(2)24)22-23-20(25)19-14-21(19,17-9-5-3-6-10-17)18-11-7-4-8-12-18/h3-12,19H,13-14H2,1-2H3,(H,23,25)/b22-15+. The van der Waals surface area contributed by atoms with Crippen LogP contribution in [-0.2, 0) is 15.0 Å². The number of rotatable bonds is 6. The van der Waals surface area contributed by atoms with Crippen LogP contribution in [0, 0.1) is 5.92 Å². The topological polar surface area (TPSA) is 58.5 Å². The molecule has 0 saturated heterocycles. The van der Waals surface area contributed by atoms with Crippen LogP contribution in [0.4, 0.5) is 0 Å². The first-order chi connectivity index (χ1) is 12.0. The minimum Gasteiger partial charge on any atom is -0.300 e. The molecule has 2 aromatic carbocycles. The zero-order chi connectivity index (χ0) is 17.9. The van der Waals surface area contributed by atoms with Gasteiger partial charge in [-0.15, -0.1) is 0 Å². The predicted octanol–water partition coefficient (Wildman–Crippen LogP) is 3.46. The summed E-state index contributed by atoms with van der Waals surface area (Å²) in [6.45, 7) is 3.26. The summed E-state index contributed by atoms with van der Waals surface area (Å²) in [5.74, 6) is -0.230. The lowest BCUT2D eigenvalue weighted by Gasteiger charge is -2.18. The lowest BCUT2D eigenvalue weighted by molar-refractivity contribution is -0.122. The molecule has 0 aromatic heterocycles. The second-order valence-corrected chi connectivity index (χ2v) is 6.66. The first kappa shape index (κ1) is 17.1. The van der Waals surface area contributed by atoms with Crippen LogP contribution in [-0.4, -0.2) is 17.4 Å². The van der Waals surface area contributed by atoms with Crippen LogP contribution in [0.25, 0.3) is 0 Å². The number of Topliss-reactive ketones (excluding diaryl/α,β-unsaturated/α-hetero) is 1. The number of hydrazone groups is 1. The van der Waals surface area contributed by atoms with Crippen molar-refractivity contribution in [3.05, 3.63) is 71.8 Å². The van der Waals surface area contributed by atoms with Crippen molar-refractivity contribution in [2.24, 2.45) is 11.0 Å². The Balaban J connectivity index is 1.83. The van der Waals surface area contributed by atoms with Crippen LogP contribution in [0.1, 0.15) is 37.8 Å². The molecule has 0 aliphatic heterocycles. The van der Waals surface area contributed by atoms with Crippen LogP contribution >= 0.6 is 0 Å². The zero-order valence-corrected chi connectivity index (χ0v) is 14.5. The van der Waals surface area contributed by atoms with Gasteiger partial charge in [-0.1, -0.05) is 60.7 Å². The SMILES string of the molecule is CC(=O)C/C(C)=N/NC(=O)C1CC1(c1ccccc1)c1ccccc1. The molecule has 0 radical (unpaired) electrons. The first-order valence-corrected chi connectivity index (χ1v) is 8.47. The van der Waals surface area contributed by atoms with E-state index in [4.69, 9.17) is 0 Å². The largest absolute Gasteiger partial charge is 0.300 e. The van der Waals surface area contributed by atoms with E-state index < -0.39 is 0 Å². The summed E-state index contributed by atoms with van der Waals surface area (Å²) < 4.78 is 0. The van der Waals surface area contributed by atoms with E-state index in [1.54, 1.807) is 6.92 Å². The molecular formula is C21H22N2O2. The highest BCUT2D eigenvalue weighted by atomic mass is 16.2. The highest BCUT2D eigenvalue weighted by molar-refractivity contribution is 6.00. The minimum atomic E-state index is -0.295. The number of amides is 1. The number of benzene rings is 2. The molecule has 3 rings (SSSR count). The van der Waals surface area contributed by atoms with Crippen LogP contribution in [0.2, 0.25) is 0 Å². The fourth-order valence-corrected chi connectivity index (χ4v) is 3.48. The van der Waals surface area contributed by atoms with Crippen molar-refractivity contribution >= 4 is 17.4 Å². The maximum Gasteiger partial charge on any atom is 0.244 e. The zero-order valence-electron chi connectivity index (χ0n) is 14.5. The fraction of sp³-hybridized carbons (Fsp3) is 0.286. The molecule has 0 bridgehead atoms. The lowest BCUT2D eigenvalue weighted by Crippen LogP contribution is -2.26. The Hall–Kier alpha value is -2.75. The van der Waals surface area contributed by atoms with Gasteiger partial charge in [0.25, 0.3) is 0 Å². The summed E-state index contributed by atoms with van der Waals surface area (Å²) in [7, 11) is 0. The van der Waals surface area contributed by atoms with E-state index in [9.17, 15) is 9.59 Å². The highest BCUT2D eigenvalue weighted by Gasteiger charge is 2.60. The number of hydrogen-bond acceptors (Lipinski definition) is 3. The van der Waals surface area contributed by atoms with Gasteiger partial charge in [-0.25, -0.2) is 5.43 Å². The number of carbonyl (C=O) groups is 2. The molecule has 1 aliphatic rings. The van der Waals surface area contributed by atoms with Crippen LogP contribution < -0.4 is 5.43 Å². The fourth-order valence-electron chi connectivity index (χ4n) is 3.48. The number of carbonyl (C=O) groups excluding carboxylic acids is 2. The lowest BCUT2D eigenvalue weighted by atomic mass is 9.85. The molecule has 1 fully saturated rings. The number of nitrogens with one attached hydrogen (secondary N) is 1. The van der Waals surface area contributed by atoms with Crippen LogP contribution in [0.3, 0.4) is 0 Å². The smallest absolute Gasteiger partial charge is 0.244 e. The molecule has 128 valence electrons. The van der Waals surface area contributed by atoms with E-state index in [1.807, 2.05) is 36.4 Å². The Kier molecular flexibility index (Phi) is 4.79. The number of hydrogen-bond donors (Lipinski definition) is 1. The average Bonchev–Trinajstić information content (AvgIpc) is 3.38. The summed E-state index contributed by atoms with van der Waals surface area (Å²) in [6.07, 6.45) is 1.02. The van der Waals surface area contributed by atoms with Crippen molar-refractivity contribution in [3.63, 3.8) is 0 Å². The third kappa shape index (κ3) is 3.53. The molecule has 1 atom stereocenters. The van der Waals surface area contributed by atoms with Gasteiger partial charge in [-0.2, -0.15) is 5.10 Å². The molecule has 4 heteroatoms. The van der Waals surface area contributed by atoms with E-state index >= 15 is 0 Å². The van der Waals surface area contributed by atoms with Gasteiger partial charge in [0.05, 0.1) is 5.92 Å². The Morgan fingerprint density at radius 2 is 1.52 bits per heavy atom. The van der Waals surface area contributed by atoms with Gasteiger partial charge < -0.3 is 0 Å². The van der Waals surface area contributed by atoms with Crippen molar-refractivity contribution in [2.45, 2.75) is 32.1 Å². The van der Waals surface area contributed by atoms with Gasteiger partial charge in [0.15, 0.2) is 0 Å². The molecule has 4 nitrogen and oxygen atoms in total. The molecule has 1 N–H and O–H groups in total. The van der Waals surface area contributed by atoms with Gasteiger partial charge in [-0.3, -0.25) is 9.59 Å². The summed E-state index contributed by atoms with van der Waals surface area (Å²) in [5.41, 5.74) is 5.25. The second-order valence-electron chi connectivity index (χ2n) is 6.66.